The molecule has 0 fully saturated rings. The summed E-state index contributed by atoms with van der Waals surface area (Å²) in [6.07, 6.45) is 1.07. The fourth-order valence-electron chi connectivity index (χ4n) is 2.69. The van der Waals surface area contributed by atoms with E-state index in [1.807, 2.05) is 37.3 Å². The van der Waals surface area contributed by atoms with E-state index in [1.165, 1.54) is 0 Å². The van der Waals surface area contributed by atoms with Crippen LogP contribution in [0.3, 0.4) is 0 Å². The van der Waals surface area contributed by atoms with Gasteiger partial charge in [-0.3, -0.25) is 19.2 Å². The van der Waals surface area contributed by atoms with Crippen molar-refractivity contribution in [2.45, 2.75) is 51.3 Å². The molecule has 0 spiro atoms. The van der Waals surface area contributed by atoms with Crippen LogP contribution in [-0.2, 0) is 40.2 Å². The van der Waals surface area contributed by atoms with Gasteiger partial charge in [-0.1, -0.05) is 48.8 Å². The highest BCUT2D eigenvalue weighted by Gasteiger charge is 2.24. The summed E-state index contributed by atoms with van der Waals surface area (Å²) in [5.74, 6) is -4.71. The van der Waals surface area contributed by atoms with Crippen molar-refractivity contribution in [3.05, 3.63) is 35.9 Å². The second kappa shape index (κ2) is 20.6. The molecule has 0 aliphatic carbocycles. The number of thioether (sulfide) groups is 1. The first-order valence-corrected chi connectivity index (χ1v) is 13.0. The van der Waals surface area contributed by atoms with Crippen molar-refractivity contribution in [2.24, 2.45) is 10.9 Å². The summed E-state index contributed by atoms with van der Waals surface area (Å²) < 4.78 is 5.22. The second-order valence-corrected chi connectivity index (χ2v) is 9.05. The van der Waals surface area contributed by atoms with Gasteiger partial charge in [-0.2, -0.15) is 11.8 Å². The molecule has 13 nitrogen and oxygen atoms in total. The Kier molecular flexibility index (Phi) is 18.8. The minimum absolute atomic E-state index is 0. The van der Waals surface area contributed by atoms with E-state index in [9.17, 15) is 24.0 Å². The molecule has 39 heavy (non-hydrogen) atoms. The minimum Gasteiger partial charge on any atom is -0.480 e. The van der Waals surface area contributed by atoms with Crippen LogP contribution in [0.25, 0.3) is 0 Å². The smallest absolute Gasteiger partial charge is 0.356 e. The van der Waals surface area contributed by atoms with E-state index in [-0.39, 0.29) is 55.7 Å². The van der Waals surface area contributed by atoms with Crippen molar-refractivity contribution in [2.75, 3.05) is 24.7 Å². The van der Waals surface area contributed by atoms with Gasteiger partial charge in [0.1, 0.15) is 25.2 Å². The molecule has 15 heteroatoms. The molecule has 6 N–H and O–H groups in total. The largest absolute Gasteiger partial charge is 0.480 e. The predicted molar refractivity (Wildman–Crippen MR) is 147 cm³/mol. The number of unbranched alkanes of at least 4 members (excludes halogenated alkanes) is 1. The van der Waals surface area contributed by atoms with Gasteiger partial charge in [0.2, 0.25) is 11.8 Å². The number of nitrogens with one attached hydrogen (secondary N) is 2. The van der Waals surface area contributed by atoms with Gasteiger partial charge in [0.25, 0.3) is 0 Å². The lowest BCUT2D eigenvalue weighted by atomic mass is 10.1. The Morgan fingerprint density at radius 3 is 2.44 bits per heavy atom. The van der Waals surface area contributed by atoms with Gasteiger partial charge in [0.05, 0.1) is 6.61 Å². The molecule has 2 amide bonds. The zero-order valence-electron chi connectivity index (χ0n) is 21.5. The third kappa shape index (κ3) is 16.3. The van der Waals surface area contributed by atoms with Crippen molar-refractivity contribution in [1.29, 1.82) is 0 Å². The number of oxime groups is 1. The van der Waals surface area contributed by atoms with Gasteiger partial charge < -0.3 is 36.2 Å². The molecule has 2 unspecified atom stereocenters. The molecule has 0 aliphatic rings. The summed E-state index contributed by atoms with van der Waals surface area (Å²) in [6.45, 7) is 1.60. The molecule has 0 saturated heterocycles. The number of hydrogen-bond acceptors (Lipinski definition) is 10. The SMILES string of the molecule is CCCCOC(=O)/C(CSCC(NC(=O)CCC(N)C(=O)O)C(=O)NCC(=O)O)=N\OCc1ccccc1.Cl. The Morgan fingerprint density at radius 1 is 1.13 bits per heavy atom. The van der Waals surface area contributed by atoms with Crippen molar-refractivity contribution < 1.29 is 43.8 Å². The maximum absolute atomic E-state index is 12.5. The molecule has 218 valence electrons. The average Bonchev–Trinajstić information content (AvgIpc) is 2.89. The number of rotatable bonds is 19. The van der Waals surface area contributed by atoms with E-state index in [1.54, 1.807) is 0 Å². The number of amides is 2. The number of carbonyl (C=O) groups excluding carboxylic acids is 3. The van der Waals surface area contributed by atoms with Crippen LogP contribution < -0.4 is 16.4 Å². The van der Waals surface area contributed by atoms with E-state index in [4.69, 9.17) is 25.5 Å². The normalized spacial score (nSPS) is 12.3. The number of carboxylic acids is 2. The van der Waals surface area contributed by atoms with Crippen molar-refractivity contribution in [3.8, 4) is 0 Å². The second-order valence-electron chi connectivity index (χ2n) is 8.02. The quantitative estimate of drug-likeness (QED) is 0.0662. The highest BCUT2D eigenvalue weighted by atomic mass is 35.5. The predicted octanol–water partition coefficient (Wildman–Crippen LogP) is 0.935. The van der Waals surface area contributed by atoms with E-state index in [0.717, 1.165) is 23.7 Å². The maximum atomic E-state index is 12.5. The Labute approximate surface area is 236 Å². The fourth-order valence-corrected chi connectivity index (χ4v) is 3.65. The number of aliphatic carboxylic acids is 2. The molecule has 1 aromatic rings. The Morgan fingerprint density at radius 2 is 1.82 bits per heavy atom. The molecule has 1 aromatic carbocycles. The summed E-state index contributed by atoms with van der Waals surface area (Å²) in [6, 6.07) is 6.75. The lowest BCUT2D eigenvalue weighted by Crippen LogP contribution is -2.49. The van der Waals surface area contributed by atoms with Crippen molar-refractivity contribution in [1.82, 2.24) is 10.6 Å². The summed E-state index contributed by atoms with van der Waals surface area (Å²) in [7, 11) is 0. The number of carbonyl (C=O) groups is 5. The first-order chi connectivity index (χ1) is 18.1. The van der Waals surface area contributed by atoms with Crippen LogP contribution in [0, 0.1) is 0 Å². The third-order valence-corrected chi connectivity index (χ3v) is 5.85. The Balaban J connectivity index is 0.0000144. The summed E-state index contributed by atoms with van der Waals surface area (Å²) in [4.78, 5) is 64.2. The number of benzene rings is 1. The summed E-state index contributed by atoms with van der Waals surface area (Å²) >= 11 is 1.06. The first kappa shape index (κ1) is 35.6. The van der Waals surface area contributed by atoms with E-state index < -0.39 is 48.4 Å². The third-order valence-electron chi connectivity index (χ3n) is 4.80. The zero-order valence-corrected chi connectivity index (χ0v) is 23.1. The topological polar surface area (TPSA) is 207 Å². The van der Waals surface area contributed by atoms with Crippen LogP contribution in [0.15, 0.2) is 35.5 Å². The van der Waals surface area contributed by atoms with Gasteiger partial charge in [-0.15, -0.1) is 12.4 Å². The van der Waals surface area contributed by atoms with Gasteiger partial charge in [0.15, 0.2) is 5.71 Å². The van der Waals surface area contributed by atoms with Crippen LogP contribution in [0.5, 0.6) is 0 Å². The van der Waals surface area contributed by atoms with E-state index in [0.29, 0.717) is 6.42 Å². The maximum Gasteiger partial charge on any atom is 0.356 e. The summed E-state index contributed by atoms with van der Waals surface area (Å²) in [5.41, 5.74) is 6.20. The lowest BCUT2D eigenvalue weighted by molar-refractivity contribution is -0.139. The fraction of sp³-hybridized carbons (Fsp3) is 0.500. The van der Waals surface area contributed by atoms with Crippen LogP contribution in [0.1, 0.15) is 38.2 Å². The lowest BCUT2D eigenvalue weighted by Gasteiger charge is -2.18. The van der Waals surface area contributed by atoms with Crippen LogP contribution in [0.4, 0.5) is 0 Å². The van der Waals surface area contributed by atoms with Crippen LogP contribution in [0.2, 0.25) is 0 Å². The minimum atomic E-state index is -1.27. The molecule has 0 radical (unpaired) electrons. The highest BCUT2D eigenvalue weighted by molar-refractivity contribution is 8.00. The molecule has 1 rings (SSSR count). The molecule has 0 saturated carbocycles. The number of nitrogens with zero attached hydrogens (tertiary/aromatic N) is 1. The van der Waals surface area contributed by atoms with Crippen molar-refractivity contribution >= 4 is 59.6 Å². The van der Waals surface area contributed by atoms with Crippen molar-refractivity contribution in [3.63, 3.8) is 0 Å². The molecule has 0 aromatic heterocycles. The monoisotopic (exact) mass is 590 g/mol. The van der Waals surface area contributed by atoms with Gasteiger partial charge >= 0.3 is 17.9 Å². The standard InChI is InChI=1S/C24H34N4O9S.ClH/c1-2-3-11-36-24(35)19(28-37-13-16-7-5-4-6-8-16)15-38-14-18(22(32)26-12-21(30)31)27-20(29)10-9-17(25)23(33)34;/h4-8,17-18H,2-3,9-15,25H2,1H3,(H,26,32)(H,27,29)(H,30,31)(H,33,34);1H/b28-19-;. The first-order valence-electron chi connectivity index (χ1n) is 11.9. The molecular formula is C24H35ClN4O9S. The molecular weight excluding hydrogens is 556 g/mol. The number of esters is 1. The Bertz CT molecular complexity index is 966. The number of halogens is 1. The molecule has 2 atom stereocenters. The van der Waals surface area contributed by atoms with Crippen LogP contribution >= 0.6 is 24.2 Å². The zero-order chi connectivity index (χ0) is 28.3. The number of hydrogen-bond donors (Lipinski definition) is 5. The number of ether oxygens (including phenoxy) is 1. The molecule has 0 heterocycles. The van der Waals surface area contributed by atoms with Crippen LogP contribution in [-0.4, -0.2) is 82.4 Å². The highest BCUT2D eigenvalue weighted by Crippen LogP contribution is 2.09. The van der Waals surface area contributed by atoms with Gasteiger partial charge in [-0.25, -0.2) is 4.79 Å². The molecule has 0 bridgehead atoms. The summed E-state index contributed by atoms with van der Waals surface area (Å²) in [5, 5.41) is 26.2. The number of carboxylic acid groups (broad SMARTS) is 2. The number of nitrogens with two attached hydrogens (primary N) is 1. The van der Waals surface area contributed by atoms with Gasteiger partial charge in [0, 0.05) is 17.9 Å². The Hall–Kier alpha value is -3.36. The van der Waals surface area contributed by atoms with Gasteiger partial charge in [-0.05, 0) is 18.4 Å². The van der Waals surface area contributed by atoms with E-state index in [2.05, 4.69) is 15.8 Å². The molecule has 0 aliphatic heterocycles. The average molecular weight is 591 g/mol. The van der Waals surface area contributed by atoms with E-state index >= 15 is 0 Å².